The van der Waals surface area contributed by atoms with Gasteiger partial charge in [-0.3, -0.25) is 4.79 Å². The second-order valence-electron chi connectivity index (χ2n) is 15.2. The second kappa shape index (κ2) is 19.9. The lowest BCUT2D eigenvalue weighted by atomic mass is 9.85. The number of aliphatic hydroxyl groups is 1. The smallest absolute Gasteiger partial charge is 0.328 e. The van der Waals surface area contributed by atoms with Gasteiger partial charge in [0.25, 0.3) is 0 Å². The van der Waals surface area contributed by atoms with E-state index < -0.39 is 18.1 Å². The minimum atomic E-state index is -0.714. The van der Waals surface area contributed by atoms with Crippen LogP contribution in [0.3, 0.4) is 0 Å². The monoisotopic (exact) mass is 706 g/mol. The Morgan fingerprint density at radius 2 is 1.78 bits per heavy atom. The van der Waals surface area contributed by atoms with Crippen LogP contribution in [0.25, 0.3) is 0 Å². The van der Waals surface area contributed by atoms with Gasteiger partial charge < -0.3 is 44.5 Å². The Morgan fingerprint density at radius 1 is 1.08 bits per heavy atom. The van der Waals surface area contributed by atoms with E-state index in [1.807, 2.05) is 7.05 Å². The lowest BCUT2D eigenvalue weighted by Crippen LogP contribution is -2.54. The van der Waals surface area contributed by atoms with Crippen molar-refractivity contribution in [2.75, 3.05) is 54.0 Å². The van der Waals surface area contributed by atoms with Gasteiger partial charge >= 0.3 is 12.0 Å². The van der Waals surface area contributed by atoms with Crippen LogP contribution >= 0.6 is 0 Å². The number of urea groups is 1. The molecule has 3 saturated heterocycles. The fourth-order valence-corrected chi connectivity index (χ4v) is 7.64. The first-order valence-electron chi connectivity index (χ1n) is 18.7. The van der Waals surface area contributed by atoms with Crippen molar-refractivity contribution in [2.24, 2.45) is 17.8 Å². The summed E-state index contributed by atoms with van der Waals surface area (Å²) < 4.78 is 23.0. The molecule has 0 aliphatic carbocycles. The van der Waals surface area contributed by atoms with E-state index in [0.717, 1.165) is 37.9 Å². The van der Waals surface area contributed by atoms with Crippen LogP contribution in [-0.4, -0.2) is 129 Å². The average Bonchev–Trinajstić information content (AvgIpc) is 3.74. The SMILES string of the molecule is COC(=O)[C@@H](CCCCNC(=O)C[C@H]1CC[C@H](C)[C@@H](/C(C)=C/C=C/[C@@H](C)C[C@@]2(C)O[C@@H]2[C@H](C)[C@@H](OC)[C@@H](C)O)O1)NC(=O)N1CCN(C)CC1. The highest BCUT2D eigenvalue weighted by Crippen LogP contribution is 2.47. The molecule has 3 N–H and O–H groups in total. The summed E-state index contributed by atoms with van der Waals surface area (Å²) in [5, 5.41) is 15.9. The van der Waals surface area contributed by atoms with Crippen molar-refractivity contribution in [2.45, 2.75) is 129 Å². The van der Waals surface area contributed by atoms with Gasteiger partial charge in [0.15, 0.2) is 0 Å². The van der Waals surface area contributed by atoms with Gasteiger partial charge in [0.2, 0.25) is 5.91 Å². The van der Waals surface area contributed by atoms with E-state index in [-0.39, 0.29) is 47.9 Å². The van der Waals surface area contributed by atoms with E-state index in [0.29, 0.717) is 57.2 Å². The molecular weight excluding hydrogens is 640 g/mol. The van der Waals surface area contributed by atoms with Gasteiger partial charge in [0, 0.05) is 45.8 Å². The van der Waals surface area contributed by atoms with E-state index in [9.17, 15) is 19.5 Å². The van der Waals surface area contributed by atoms with E-state index in [4.69, 9.17) is 18.9 Å². The van der Waals surface area contributed by atoms with Crippen LogP contribution in [0.5, 0.6) is 0 Å². The highest BCUT2D eigenvalue weighted by Gasteiger charge is 2.56. The quantitative estimate of drug-likeness (QED) is 0.0833. The number of hydrogen-bond donors (Lipinski definition) is 3. The van der Waals surface area contributed by atoms with Crippen LogP contribution < -0.4 is 10.6 Å². The number of unbranched alkanes of at least 4 members (excludes halogenated alkanes) is 1. The molecule has 10 atom stereocenters. The third kappa shape index (κ3) is 12.6. The first-order valence-corrected chi connectivity index (χ1v) is 18.7. The van der Waals surface area contributed by atoms with Crippen LogP contribution in [0, 0.1) is 17.8 Å². The Labute approximate surface area is 300 Å². The van der Waals surface area contributed by atoms with E-state index in [1.165, 1.54) is 7.11 Å². The summed E-state index contributed by atoms with van der Waals surface area (Å²) in [6.07, 6.45) is 10.3. The second-order valence-corrected chi connectivity index (χ2v) is 15.2. The summed E-state index contributed by atoms with van der Waals surface area (Å²) in [6.45, 7) is 15.8. The maximum absolute atomic E-state index is 12.8. The molecule has 3 aliphatic heterocycles. The van der Waals surface area contributed by atoms with Crippen molar-refractivity contribution in [3.8, 4) is 0 Å². The van der Waals surface area contributed by atoms with Crippen molar-refractivity contribution < 1.29 is 38.4 Å². The molecule has 0 bridgehead atoms. The van der Waals surface area contributed by atoms with Crippen LogP contribution in [0.2, 0.25) is 0 Å². The fraction of sp³-hybridized carbons (Fsp3) is 0.816. The number of likely N-dealkylation sites (N-methyl/N-ethyl adjacent to an activating group) is 1. The van der Waals surface area contributed by atoms with Gasteiger partial charge in [-0.25, -0.2) is 9.59 Å². The number of methoxy groups -OCH3 is 2. The molecule has 0 aromatic heterocycles. The molecule has 50 heavy (non-hydrogen) atoms. The number of amides is 3. The highest BCUT2D eigenvalue weighted by molar-refractivity contribution is 5.83. The Bertz CT molecular complexity index is 1160. The van der Waals surface area contributed by atoms with Crippen molar-refractivity contribution in [1.29, 1.82) is 0 Å². The number of allylic oxidation sites excluding steroid dienone is 3. The predicted octanol–water partition coefficient (Wildman–Crippen LogP) is 4.06. The number of rotatable bonds is 18. The topological polar surface area (TPSA) is 142 Å². The van der Waals surface area contributed by atoms with E-state index in [2.05, 4.69) is 68.4 Å². The molecule has 286 valence electrons. The van der Waals surface area contributed by atoms with Gasteiger partial charge in [-0.2, -0.15) is 0 Å². The van der Waals surface area contributed by atoms with E-state index >= 15 is 0 Å². The number of piperazine rings is 1. The molecule has 0 saturated carbocycles. The van der Waals surface area contributed by atoms with Crippen molar-refractivity contribution in [3.05, 3.63) is 23.8 Å². The van der Waals surface area contributed by atoms with Gasteiger partial charge in [-0.05, 0) is 83.8 Å². The number of hydrogen-bond acceptors (Lipinski definition) is 9. The lowest BCUT2D eigenvalue weighted by Gasteiger charge is -2.35. The zero-order chi connectivity index (χ0) is 37.0. The summed E-state index contributed by atoms with van der Waals surface area (Å²) in [6, 6.07) is -0.959. The predicted molar refractivity (Wildman–Crippen MR) is 194 cm³/mol. The molecule has 12 heteroatoms. The van der Waals surface area contributed by atoms with E-state index in [1.54, 1.807) is 18.9 Å². The standard InChI is InChI=1S/C38H66N4O8/c1-25(24-38(6)35(50-38)28(4)34(47-8)29(5)43)13-12-14-26(2)33-27(3)16-17-30(49-33)23-32(44)39-18-11-10-15-31(36(45)48-9)40-37(46)42-21-19-41(7)20-22-42/h12-14,25,27-31,33-35,43H,10-11,15-24H2,1-9H3,(H,39,44)(H,40,46)/b13-12+,26-14+/t25-,27+,28-,29-,30-,31-,33-,34-,35-,38-/m1/s1. The fourth-order valence-electron chi connectivity index (χ4n) is 7.64. The summed E-state index contributed by atoms with van der Waals surface area (Å²) >= 11 is 0. The van der Waals surface area contributed by atoms with Gasteiger partial charge in [-0.1, -0.05) is 39.0 Å². The third-order valence-electron chi connectivity index (χ3n) is 10.7. The van der Waals surface area contributed by atoms with Crippen LogP contribution in [0.4, 0.5) is 4.79 Å². The number of carbonyl (C=O) groups is 3. The molecule has 0 radical (unpaired) electrons. The molecule has 3 heterocycles. The molecule has 0 unspecified atom stereocenters. The van der Waals surface area contributed by atoms with Crippen molar-refractivity contribution in [1.82, 2.24) is 20.4 Å². The average molecular weight is 707 g/mol. The Morgan fingerprint density at radius 3 is 2.42 bits per heavy atom. The van der Waals surface area contributed by atoms with Crippen LogP contribution in [0.1, 0.15) is 86.5 Å². The van der Waals surface area contributed by atoms with Crippen LogP contribution in [0.15, 0.2) is 23.8 Å². The minimum Gasteiger partial charge on any atom is -0.467 e. The molecule has 3 fully saturated rings. The third-order valence-corrected chi connectivity index (χ3v) is 10.7. The zero-order valence-corrected chi connectivity index (χ0v) is 32.1. The minimum absolute atomic E-state index is 0.0415. The first-order chi connectivity index (χ1) is 23.7. The maximum atomic E-state index is 12.8. The summed E-state index contributed by atoms with van der Waals surface area (Å²) in [5.74, 6) is 0.268. The van der Waals surface area contributed by atoms with Crippen molar-refractivity contribution >= 4 is 17.9 Å². The molecular formula is C38H66N4O8. The number of nitrogens with one attached hydrogen (secondary N) is 2. The number of esters is 1. The Hall–Kier alpha value is -2.51. The van der Waals surface area contributed by atoms with Crippen molar-refractivity contribution in [3.63, 3.8) is 0 Å². The highest BCUT2D eigenvalue weighted by atomic mass is 16.6. The summed E-state index contributed by atoms with van der Waals surface area (Å²) in [5.41, 5.74) is 0.918. The largest absolute Gasteiger partial charge is 0.467 e. The molecule has 0 aromatic rings. The molecule has 0 aromatic carbocycles. The molecule has 3 rings (SSSR count). The molecule has 3 amide bonds. The molecule has 3 aliphatic rings. The number of epoxide rings is 1. The Kier molecular flexibility index (Phi) is 16.7. The van der Waals surface area contributed by atoms with Gasteiger partial charge in [0.05, 0.1) is 49.7 Å². The normalized spacial score (nSPS) is 29.2. The van der Waals surface area contributed by atoms with Gasteiger partial charge in [-0.15, -0.1) is 0 Å². The number of aliphatic hydroxyl groups excluding tert-OH is 1. The first kappa shape index (κ1) is 41.9. The van der Waals surface area contributed by atoms with Crippen LogP contribution in [-0.2, 0) is 28.5 Å². The Balaban J connectivity index is 1.38. The zero-order valence-electron chi connectivity index (χ0n) is 32.1. The summed E-state index contributed by atoms with van der Waals surface area (Å²) in [7, 11) is 4.98. The number of ether oxygens (including phenoxy) is 4. The number of nitrogens with zero attached hydrogens (tertiary/aromatic N) is 2. The molecule has 12 nitrogen and oxygen atoms in total. The van der Waals surface area contributed by atoms with Gasteiger partial charge in [0.1, 0.15) is 6.04 Å². The summed E-state index contributed by atoms with van der Waals surface area (Å²) in [4.78, 5) is 41.7. The lowest BCUT2D eigenvalue weighted by molar-refractivity contribution is -0.143. The maximum Gasteiger partial charge on any atom is 0.328 e. The molecule has 0 spiro atoms. The number of carbonyl (C=O) groups excluding carboxylic acids is 3.